The predicted octanol–water partition coefficient (Wildman–Crippen LogP) is 4.15. The first-order valence-corrected chi connectivity index (χ1v) is 8.74. The van der Waals surface area contributed by atoms with E-state index < -0.39 is 5.82 Å². The molecule has 0 radical (unpaired) electrons. The average molecular weight is 396 g/mol. The van der Waals surface area contributed by atoms with E-state index in [0.29, 0.717) is 40.7 Å². The van der Waals surface area contributed by atoms with Crippen LogP contribution in [0.25, 0.3) is 11.0 Å². The molecule has 4 N–H and O–H groups in total. The first kappa shape index (κ1) is 17.9. The number of halogens is 2. The van der Waals surface area contributed by atoms with Gasteiger partial charge < -0.3 is 16.4 Å². The van der Waals surface area contributed by atoms with Crippen LogP contribution >= 0.6 is 11.6 Å². The molecule has 7 nitrogen and oxygen atoms in total. The minimum atomic E-state index is -0.490. The van der Waals surface area contributed by atoms with E-state index in [4.69, 9.17) is 17.3 Å². The quantitative estimate of drug-likeness (QED) is 0.436. The van der Waals surface area contributed by atoms with Crippen LogP contribution in [0.2, 0.25) is 5.02 Å². The highest BCUT2D eigenvalue weighted by Gasteiger charge is 2.09. The Kier molecular flexibility index (Phi) is 4.86. The van der Waals surface area contributed by atoms with Crippen LogP contribution < -0.4 is 16.4 Å². The Morgan fingerprint density at radius 1 is 1.04 bits per heavy atom. The summed E-state index contributed by atoms with van der Waals surface area (Å²) in [7, 11) is 0. The molecule has 0 saturated carbocycles. The Morgan fingerprint density at radius 2 is 1.86 bits per heavy atom. The fraction of sp³-hybridized carbons (Fsp3) is 0.0526. The number of anilines is 4. The van der Waals surface area contributed by atoms with Crippen molar-refractivity contribution in [3.63, 3.8) is 0 Å². The zero-order chi connectivity index (χ0) is 19.5. The van der Waals surface area contributed by atoms with Gasteiger partial charge in [0.2, 0.25) is 5.95 Å². The number of nitrogen functional groups attached to an aromatic ring is 1. The summed E-state index contributed by atoms with van der Waals surface area (Å²) in [6.07, 6.45) is 3.01. The predicted molar refractivity (Wildman–Crippen MR) is 108 cm³/mol. The lowest BCUT2D eigenvalue weighted by Crippen LogP contribution is -2.05. The highest BCUT2D eigenvalue weighted by atomic mass is 35.5. The summed E-state index contributed by atoms with van der Waals surface area (Å²) in [5.74, 6) is 0.404. The highest BCUT2D eigenvalue weighted by Crippen LogP contribution is 2.25. The van der Waals surface area contributed by atoms with Crippen LogP contribution in [0.4, 0.5) is 27.5 Å². The van der Waals surface area contributed by atoms with Gasteiger partial charge in [-0.15, -0.1) is 0 Å². The van der Waals surface area contributed by atoms with Crippen molar-refractivity contribution in [3.05, 3.63) is 71.4 Å². The molecule has 0 aliphatic heterocycles. The molecule has 140 valence electrons. The maximum atomic E-state index is 13.4. The van der Waals surface area contributed by atoms with Crippen molar-refractivity contribution in [2.45, 2.75) is 6.54 Å². The van der Waals surface area contributed by atoms with Gasteiger partial charge in [-0.3, -0.25) is 0 Å². The van der Waals surface area contributed by atoms with Gasteiger partial charge in [0.1, 0.15) is 23.2 Å². The first-order valence-electron chi connectivity index (χ1n) is 8.36. The van der Waals surface area contributed by atoms with Crippen molar-refractivity contribution in [3.8, 4) is 0 Å². The van der Waals surface area contributed by atoms with E-state index in [2.05, 4.69) is 30.6 Å². The van der Waals surface area contributed by atoms with Gasteiger partial charge in [-0.1, -0.05) is 23.7 Å². The van der Waals surface area contributed by atoms with Gasteiger partial charge in [0, 0.05) is 17.9 Å². The molecular formula is C19H15ClFN7. The van der Waals surface area contributed by atoms with E-state index in [0.717, 1.165) is 5.56 Å². The van der Waals surface area contributed by atoms with Crippen molar-refractivity contribution in [1.29, 1.82) is 0 Å². The molecule has 0 bridgehead atoms. The lowest BCUT2D eigenvalue weighted by atomic mass is 10.2. The standard InChI is InChI=1S/C19H15ClFN7/c20-14-7-13(5-6-15(14)21)27-18-17-16(25-10-26-18)9-24-19(28-17)23-8-11-1-3-12(22)4-2-11/h1-7,9-10H,8,22H2,(H,23,24,28)(H,25,26,27). The van der Waals surface area contributed by atoms with E-state index in [1.54, 1.807) is 12.3 Å². The molecule has 28 heavy (non-hydrogen) atoms. The van der Waals surface area contributed by atoms with Gasteiger partial charge >= 0.3 is 0 Å². The minimum Gasteiger partial charge on any atom is -0.399 e. The zero-order valence-electron chi connectivity index (χ0n) is 14.5. The van der Waals surface area contributed by atoms with Gasteiger partial charge in [0.15, 0.2) is 5.82 Å². The van der Waals surface area contributed by atoms with E-state index >= 15 is 0 Å². The molecule has 2 heterocycles. The third-order valence-electron chi connectivity index (χ3n) is 3.99. The largest absolute Gasteiger partial charge is 0.399 e. The Morgan fingerprint density at radius 3 is 2.64 bits per heavy atom. The Balaban J connectivity index is 1.59. The van der Waals surface area contributed by atoms with Crippen molar-refractivity contribution >= 4 is 45.8 Å². The molecule has 0 spiro atoms. The summed E-state index contributed by atoms with van der Waals surface area (Å²) in [4.78, 5) is 17.2. The fourth-order valence-electron chi connectivity index (χ4n) is 2.56. The van der Waals surface area contributed by atoms with Gasteiger partial charge in [-0.2, -0.15) is 0 Å². The Labute approximate surface area is 164 Å². The Hall–Kier alpha value is -3.52. The molecule has 0 amide bonds. The molecular weight excluding hydrogens is 381 g/mol. The topological polar surface area (TPSA) is 102 Å². The number of nitrogens with zero attached hydrogens (tertiary/aromatic N) is 4. The van der Waals surface area contributed by atoms with Crippen molar-refractivity contribution in [2.24, 2.45) is 0 Å². The number of rotatable bonds is 5. The maximum Gasteiger partial charge on any atom is 0.223 e. The molecule has 9 heteroatoms. The zero-order valence-corrected chi connectivity index (χ0v) is 15.3. The van der Waals surface area contributed by atoms with Gasteiger partial charge in [-0.05, 0) is 35.9 Å². The van der Waals surface area contributed by atoms with E-state index in [1.165, 1.54) is 18.5 Å². The van der Waals surface area contributed by atoms with Crippen LogP contribution in [0.1, 0.15) is 5.56 Å². The van der Waals surface area contributed by atoms with Gasteiger partial charge in [0.25, 0.3) is 0 Å². The summed E-state index contributed by atoms with van der Waals surface area (Å²) < 4.78 is 13.4. The average Bonchev–Trinajstić information content (AvgIpc) is 2.71. The molecule has 0 unspecified atom stereocenters. The molecule has 0 aliphatic carbocycles. The molecule has 0 fully saturated rings. The maximum absolute atomic E-state index is 13.4. The van der Waals surface area contributed by atoms with E-state index in [9.17, 15) is 4.39 Å². The van der Waals surface area contributed by atoms with Crippen molar-refractivity contribution in [2.75, 3.05) is 16.4 Å². The number of hydrogen-bond acceptors (Lipinski definition) is 7. The van der Waals surface area contributed by atoms with E-state index in [1.807, 2.05) is 24.3 Å². The third-order valence-corrected chi connectivity index (χ3v) is 4.28. The lowest BCUT2D eigenvalue weighted by molar-refractivity contribution is 0.628. The second kappa shape index (κ2) is 7.61. The summed E-state index contributed by atoms with van der Waals surface area (Å²) in [5, 5.41) is 6.27. The molecule has 0 saturated heterocycles. The first-order chi connectivity index (χ1) is 13.6. The second-order valence-electron chi connectivity index (χ2n) is 6.00. The van der Waals surface area contributed by atoms with Crippen LogP contribution in [0, 0.1) is 5.82 Å². The Bertz CT molecular complexity index is 1130. The smallest absolute Gasteiger partial charge is 0.223 e. The molecule has 4 aromatic rings. The summed E-state index contributed by atoms with van der Waals surface area (Å²) in [5.41, 5.74) is 9.13. The fourth-order valence-corrected chi connectivity index (χ4v) is 2.74. The SMILES string of the molecule is Nc1ccc(CNc2ncc3ncnc(Nc4ccc(F)c(Cl)c4)c3n2)cc1. The monoisotopic (exact) mass is 395 g/mol. The van der Waals surface area contributed by atoms with Gasteiger partial charge in [-0.25, -0.2) is 24.3 Å². The number of aromatic nitrogens is 4. The number of hydrogen-bond donors (Lipinski definition) is 3. The number of nitrogens with two attached hydrogens (primary N) is 1. The number of fused-ring (bicyclic) bond motifs is 1. The number of benzene rings is 2. The van der Waals surface area contributed by atoms with Crippen LogP contribution in [-0.4, -0.2) is 19.9 Å². The van der Waals surface area contributed by atoms with Crippen LogP contribution in [0.15, 0.2) is 55.0 Å². The highest BCUT2D eigenvalue weighted by molar-refractivity contribution is 6.31. The molecule has 0 atom stereocenters. The molecule has 0 aliphatic rings. The van der Waals surface area contributed by atoms with E-state index in [-0.39, 0.29) is 5.02 Å². The van der Waals surface area contributed by atoms with Crippen LogP contribution in [-0.2, 0) is 6.54 Å². The summed E-state index contributed by atoms with van der Waals surface area (Å²) in [6.45, 7) is 0.538. The minimum absolute atomic E-state index is 0.0174. The lowest BCUT2D eigenvalue weighted by Gasteiger charge is -2.10. The second-order valence-corrected chi connectivity index (χ2v) is 6.41. The molecule has 4 rings (SSSR count). The summed E-state index contributed by atoms with van der Waals surface area (Å²) >= 11 is 5.84. The normalized spacial score (nSPS) is 10.8. The van der Waals surface area contributed by atoms with Crippen molar-refractivity contribution < 1.29 is 4.39 Å². The summed E-state index contributed by atoms with van der Waals surface area (Å²) in [6, 6.07) is 11.9. The van der Waals surface area contributed by atoms with Gasteiger partial charge in [0.05, 0.1) is 11.2 Å². The van der Waals surface area contributed by atoms with Crippen LogP contribution in [0.3, 0.4) is 0 Å². The van der Waals surface area contributed by atoms with Crippen molar-refractivity contribution in [1.82, 2.24) is 19.9 Å². The molecule has 2 aromatic heterocycles. The molecule has 2 aromatic carbocycles. The number of nitrogens with one attached hydrogen (secondary N) is 2. The van der Waals surface area contributed by atoms with Crippen LogP contribution in [0.5, 0.6) is 0 Å². The third kappa shape index (κ3) is 3.91.